The normalized spacial score (nSPS) is 12.0. The number of anilines is 1. The van der Waals surface area contributed by atoms with E-state index >= 15 is 0 Å². The number of hydrogen-bond donors (Lipinski definition) is 3. The highest BCUT2D eigenvalue weighted by molar-refractivity contribution is 5.90. The van der Waals surface area contributed by atoms with Crippen LogP contribution in [0.25, 0.3) is 0 Å². The van der Waals surface area contributed by atoms with Gasteiger partial charge in [0.25, 0.3) is 0 Å². The van der Waals surface area contributed by atoms with Crippen LogP contribution in [0.2, 0.25) is 0 Å². The summed E-state index contributed by atoms with van der Waals surface area (Å²) in [5.41, 5.74) is 2.46. The van der Waals surface area contributed by atoms with Crippen LogP contribution < -0.4 is 16.0 Å². The fourth-order valence-corrected chi connectivity index (χ4v) is 2.67. The molecule has 0 saturated carbocycles. The van der Waals surface area contributed by atoms with Gasteiger partial charge in [-0.25, -0.2) is 0 Å². The Morgan fingerprint density at radius 2 is 2.04 bits per heavy atom. The molecule has 7 heteroatoms. The Morgan fingerprint density at radius 3 is 2.65 bits per heavy atom. The molecule has 140 valence electrons. The molecule has 0 aliphatic carbocycles. The molecular formula is C19H27N5O2. The number of amides is 2. The average molecular weight is 357 g/mol. The van der Waals surface area contributed by atoms with Gasteiger partial charge in [-0.2, -0.15) is 5.10 Å². The van der Waals surface area contributed by atoms with Crippen LogP contribution in [0.3, 0.4) is 0 Å². The van der Waals surface area contributed by atoms with E-state index in [1.54, 1.807) is 17.9 Å². The van der Waals surface area contributed by atoms with E-state index in [-0.39, 0.29) is 11.8 Å². The van der Waals surface area contributed by atoms with Gasteiger partial charge in [-0.1, -0.05) is 26.0 Å². The quantitative estimate of drug-likeness (QED) is 0.674. The van der Waals surface area contributed by atoms with Gasteiger partial charge in [0.15, 0.2) is 0 Å². The molecule has 0 saturated heterocycles. The Morgan fingerprint density at radius 1 is 1.27 bits per heavy atom. The number of aryl methyl sites for hydroxylation is 1. The van der Waals surface area contributed by atoms with Crippen molar-refractivity contribution in [3.8, 4) is 0 Å². The van der Waals surface area contributed by atoms with E-state index in [0.29, 0.717) is 18.9 Å². The van der Waals surface area contributed by atoms with E-state index in [4.69, 9.17) is 0 Å². The highest BCUT2D eigenvalue weighted by Crippen LogP contribution is 2.14. The minimum atomic E-state index is -0.461. The van der Waals surface area contributed by atoms with E-state index in [9.17, 15) is 9.59 Å². The molecule has 0 radical (unpaired) electrons. The molecule has 0 aliphatic rings. The first-order valence-electron chi connectivity index (χ1n) is 8.71. The first-order valence-corrected chi connectivity index (χ1v) is 8.71. The third-order valence-electron chi connectivity index (χ3n) is 3.88. The molecule has 1 aromatic carbocycles. The van der Waals surface area contributed by atoms with Crippen molar-refractivity contribution in [3.63, 3.8) is 0 Å². The van der Waals surface area contributed by atoms with Crippen molar-refractivity contribution in [1.29, 1.82) is 0 Å². The van der Waals surface area contributed by atoms with Gasteiger partial charge in [-0.05, 0) is 30.7 Å². The summed E-state index contributed by atoms with van der Waals surface area (Å²) < 4.78 is 1.66. The SMILES string of the molecule is CNC(C(=O)NCc1cccc(NC(=O)CC(C)C)c1)c1cnn(C)c1. The van der Waals surface area contributed by atoms with E-state index in [0.717, 1.165) is 16.8 Å². The van der Waals surface area contributed by atoms with Gasteiger partial charge in [-0.15, -0.1) is 0 Å². The van der Waals surface area contributed by atoms with E-state index in [1.165, 1.54) is 0 Å². The van der Waals surface area contributed by atoms with Crippen molar-refractivity contribution in [2.75, 3.05) is 12.4 Å². The van der Waals surface area contributed by atoms with E-state index < -0.39 is 6.04 Å². The average Bonchev–Trinajstić information content (AvgIpc) is 2.99. The molecule has 1 unspecified atom stereocenters. The lowest BCUT2D eigenvalue weighted by Gasteiger charge is -2.15. The number of aromatic nitrogens is 2. The number of likely N-dealkylation sites (N-methyl/N-ethyl adjacent to an activating group) is 1. The number of nitrogens with zero attached hydrogens (tertiary/aromatic N) is 2. The lowest BCUT2D eigenvalue weighted by Crippen LogP contribution is -2.35. The highest BCUT2D eigenvalue weighted by Gasteiger charge is 2.19. The van der Waals surface area contributed by atoms with Gasteiger partial charge in [-0.3, -0.25) is 14.3 Å². The molecule has 0 aliphatic heterocycles. The fraction of sp³-hybridized carbons (Fsp3) is 0.421. The van der Waals surface area contributed by atoms with Crippen LogP contribution in [-0.4, -0.2) is 28.6 Å². The van der Waals surface area contributed by atoms with Crippen molar-refractivity contribution < 1.29 is 9.59 Å². The summed E-state index contributed by atoms with van der Waals surface area (Å²) in [5, 5.41) is 12.9. The molecule has 2 aromatic rings. The van der Waals surface area contributed by atoms with Gasteiger partial charge >= 0.3 is 0 Å². The Balaban J connectivity index is 1.95. The zero-order valence-electron chi connectivity index (χ0n) is 15.7. The third-order valence-corrected chi connectivity index (χ3v) is 3.88. The van der Waals surface area contributed by atoms with Crippen molar-refractivity contribution in [3.05, 3.63) is 47.8 Å². The smallest absolute Gasteiger partial charge is 0.242 e. The summed E-state index contributed by atoms with van der Waals surface area (Å²) in [6.07, 6.45) is 3.97. The number of rotatable bonds is 8. The first-order chi connectivity index (χ1) is 12.4. The second kappa shape index (κ2) is 9.15. The molecule has 1 heterocycles. The first kappa shape index (κ1) is 19.7. The molecule has 0 fully saturated rings. The summed E-state index contributed by atoms with van der Waals surface area (Å²) in [6, 6.07) is 7.03. The summed E-state index contributed by atoms with van der Waals surface area (Å²) >= 11 is 0. The number of carbonyl (C=O) groups excluding carboxylic acids is 2. The maximum atomic E-state index is 12.5. The number of nitrogens with one attached hydrogen (secondary N) is 3. The van der Waals surface area contributed by atoms with Gasteiger partial charge in [0.2, 0.25) is 11.8 Å². The van der Waals surface area contributed by atoms with Crippen molar-refractivity contribution in [2.24, 2.45) is 13.0 Å². The molecule has 26 heavy (non-hydrogen) atoms. The summed E-state index contributed by atoms with van der Waals surface area (Å²) in [4.78, 5) is 24.4. The highest BCUT2D eigenvalue weighted by atomic mass is 16.2. The van der Waals surface area contributed by atoms with Gasteiger partial charge in [0.05, 0.1) is 6.20 Å². The minimum absolute atomic E-state index is 0.00647. The largest absolute Gasteiger partial charge is 0.350 e. The van der Waals surface area contributed by atoms with Crippen LogP contribution in [0, 0.1) is 5.92 Å². The van der Waals surface area contributed by atoms with E-state index in [2.05, 4.69) is 21.0 Å². The van der Waals surface area contributed by atoms with E-state index in [1.807, 2.05) is 51.4 Å². The number of benzene rings is 1. The van der Waals surface area contributed by atoms with Gasteiger partial charge in [0.1, 0.15) is 6.04 Å². The van der Waals surface area contributed by atoms with Crippen LogP contribution in [0.1, 0.15) is 37.4 Å². The third kappa shape index (κ3) is 5.70. The second-order valence-electron chi connectivity index (χ2n) is 6.73. The Hall–Kier alpha value is -2.67. The summed E-state index contributed by atoms with van der Waals surface area (Å²) in [6.45, 7) is 4.39. The molecule has 2 amide bonds. The molecule has 1 aromatic heterocycles. The maximum Gasteiger partial charge on any atom is 0.242 e. The summed E-state index contributed by atoms with van der Waals surface area (Å²) in [7, 11) is 3.55. The molecule has 3 N–H and O–H groups in total. The van der Waals surface area contributed by atoms with Crippen LogP contribution >= 0.6 is 0 Å². The number of carbonyl (C=O) groups is 2. The topological polar surface area (TPSA) is 88.1 Å². The standard InChI is InChI=1S/C19H27N5O2/c1-13(2)8-17(25)23-16-7-5-6-14(9-16)10-21-19(26)18(20-3)15-11-22-24(4)12-15/h5-7,9,11-13,18,20H,8,10H2,1-4H3,(H,21,26)(H,23,25). The summed E-state index contributed by atoms with van der Waals surface area (Å²) in [5.74, 6) is 0.172. The van der Waals surface area contributed by atoms with Crippen LogP contribution in [0.4, 0.5) is 5.69 Å². The molecular weight excluding hydrogens is 330 g/mol. The van der Waals surface area contributed by atoms with Crippen LogP contribution in [-0.2, 0) is 23.2 Å². The fourth-order valence-electron chi connectivity index (χ4n) is 2.67. The van der Waals surface area contributed by atoms with Crippen molar-refractivity contribution in [1.82, 2.24) is 20.4 Å². The molecule has 1 atom stereocenters. The second-order valence-corrected chi connectivity index (χ2v) is 6.73. The minimum Gasteiger partial charge on any atom is -0.350 e. The zero-order chi connectivity index (χ0) is 19.1. The predicted molar refractivity (Wildman–Crippen MR) is 101 cm³/mol. The number of hydrogen-bond acceptors (Lipinski definition) is 4. The molecule has 7 nitrogen and oxygen atoms in total. The Labute approximate surface area is 154 Å². The Kier molecular flexibility index (Phi) is 6.91. The van der Waals surface area contributed by atoms with Crippen molar-refractivity contribution in [2.45, 2.75) is 32.9 Å². The molecule has 2 rings (SSSR count). The lowest BCUT2D eigenvalue weighted by molar-refractivity contribution is -0.123. The van der Waals surface area contributed by atoms with Crippen molar-refractivity contribution >= 4 is 17.5 Å². The molecule has 0 bridgehead atoms. The van der Waals surface area contributed by atoms with Crippen LogP contribution in [0.5, 0.6) is 0 Å². The van der Waals surface area contributed by atoms with Gasteiger partial charge in [0, 0.05) is 37.5 Å². The molecule has 0 spiro atoms. The van der Waals surface area contributed by atoms with Crippen LogP contribution in [0.15, 0.2) is 36.7 Å². The zero-order valence-corrected chi connectivity index (χ0v) is 15.7. The lowest BCUT2D eigenvalue weighted by atomic mass is 10.1. The predicted octanol–water partition coefficient (Wildman–Crippen LogP) is 1.98. The monoisotopic (exact) mass is 357 g/mol. The van der Waals surface area contributed by atoms with Gasteiger partial charge < -0.3 is 16.0 Å². The Bertz CT molecular complexity index is 754. The maximum absolute atomic E-state index is 12.5.